The highest BCUT2D eigenvalue weighted by atomic mass is 16.2. The number of benzene rings is 2. The van der Waals surface area contributed by atoms with E-state index in [2.05, 4.69) is 20.3 Å². The maximum absolute atomic E-state index is 13.1. The largest absolute Gasteiger partial charge is 0.332 e. The number of rotatable bonds is 6. The summed E-state index contributed by atoms with van der Waals surface area (Å²) in [6.45, 7) is 4.55. The molecule has 150 valence electrons. The first-order chi connectivity index (χ1) is 14.6. The van der Waals surface area contributed by atoms with Crippen molar-refractivity contribution in [3.63, 3.8) is 0 Å². The Kier molecular flexibility index (Phi) is 5.66. The Morgan fingerprint density at radius 1 is 0.933 bits per heavy atom. The molecule has 2 heterocycles. The SMILES string of the molecule is CC(C)N(Cc1ccccc1)C(=O)c1cnc(Nc2cccc3cccnc23)nc1. The first-order valence-electron chi connectivity index (χ1n) is 9.89. The zero-order chi connectivity index (χ0) is 20.9. The zero-order valence-electron chi connectivity index (χ0n) is 17.0. The Morgan fingerprint density at radius 2 is 1.67 bits per heavy atom. The molecule has 0 bridgehead atoms. The Hall–Kier alpha value is -3.80. The maximum atomic E-state index is 13.1. The van der Waals surface area contributed by atoms with Gasteiger partial charge in [-0.1, -0.05) is 48.5 Å². The van der Waals surface area contributed by atoms with Gasteiger partial charge in [-0.2, -0.15) is 0 Å². The van der Waals surface area contributed by atoms with Crippen LogP contribution in [0.1, 0.15) is 29.8 Å². The van der Waals surface area contributed by atoms with Gasteiger partial charge < -0.3 is 10.2 Å². The van der Waals surface area contributed by atoms with Crippen LogP contribution in [0, 0.1) is 0 Å². The lowest BCUT2D eigenvalue weighted by Gasteiger charge is -2.26. The average Bonchev–Trinajstić information content (AvgIpc) is 2.78. The van der Waals surface area contributed by atoms with Crippen molar-refractivity contribution in [3.05, 3.63) is 90.4 Å². The number of pyridine rings is 1. The number of hydrogen-bond acceptors (Lipinski definition) is 5. The quantitative estimate of drug-likeness (QED) is 0.505. The Balaban J connectivity index is 1.52. The molecule has 2 aromatic carbocycles. The monoisotopic (exact) mass is 397 g/mol. The zero-order valence-corrected chi connectivity index (χ0v) is 17.0. The van der Waals surface area contributed by atoms with Crippen molar-refractivity contribution in [1.29, 1.82) is 0 Å². The fourth-order valence-corrected chi connectivity index (χ4v) is 3.26. The van der Waals surface area contributed by atoms with Crippen molar-refractivity contribution >= 4 is 28.4 Å². The van der Waals surface area contributed by atoms with Crippen LogP contribution in [0.15, 0.2) is 79.3 Å². The third kappa shape index (κ3) is 4.27. The number of fused-ring (bicyclic) bond motifs is 1. The minimum absolute atomic E-state index is 0.0530. The van der Waals surface area contributed by atoms with Gasteiger partial charge in [0.05, 0.1) is 16.8 Å². The molecule has 1 amide bonds. The van der Waals surface area contributed by atoms with Crippen molar-refractivity contribution in [2.75, 3.05) is 5.32 Å². The second-order valence-electron chi connectivity index (χ2n) is 7.31. The number of nitrogens with zero attached hydrogens (tertiary/aromatic N) is 4. The molecule has 30 heavy (non-hydrogen) atoms. The van der Waals surface area contributed by atoms with Gasteiger partial charge in [-0.15, -0.1) is 0 Å². The van der Waals surface area contributed by atoms with Crippen molar-refractivity contribution < 1.29 is 4.79 Å². The molecular weight excluding hydrogens is 374 g/mol. The molecule has 0 unspecified atom stereocenters. The fraction of sp³-hybridized carbons (Fsp3) is 0.167. The van der Waals surface area contributed by atoms with Gasteiger partial charge in [0.2, 0.25) is 5.95 Å². The van der Waals surface area contributed by atoms with Crippen LogP contribution in [-0.4, -0.2) is 31.8 Å². The van der Waals surface area contributed by atoms with E-state index < -0.39 is 0 Å². The summed E-state index contributed by atoms with van der Waals surface area (Å²) in [5.74, 6) is 0.330. The number of nitrogens with one attached hydrogen (secondary N) is 1. The summed E-state index contributed by atoms with van der Waals surface area (Å²) in [6, 6.07) is 19.8. The minimum Gasteiger partial charge on any atom is -0.332 e. The molecule has 0 atom stereocenters. The number of para-hydroxylation sites is 1. The van der Waals surface area contributed by atoms with E-state index in [0.717, 1.165) is 22.2 Å². The van der Waals surface area contributed by atoms with E-state index in [-0.39, 0.29) is 11.9 Å². The number of aromatic nitrogens is 3. The summed E-state index contributed by atoms with van der Waals surface area (Å²) in [6.07, 6.45) is 4.89. The van der Waals surface area contributed by atoms with E-state index >= 15 is 0 Å². The van der Waals surface area contributed by atoms with E-state index in [4.69, 9.17) is 0 Å². The lowest BCUT2D eigenvalue weighted by Crippen LogP contribution is -2.36. The van der Waals surface area contributed by atoms with Gasteiger partial charge in [0.15, 0.2) is 0 Å². The van der Waals surface area contributed by atoms with Gasteiger partial charge in [-0.05, 0) is 31.5 Å². The summed E-state index contributed by atoms with van der Waals surface area (Å²) >= 11 is 0. The molecular formula is C24H23N5O. The molecule has 4 aromatic rings. The Morgan fingerprint density at radius 3 is 2.40 bits per heavy atom. The lowest BCUT2D eigenvalue weighted by atomic mass is 10.1. The third-order valence-electron chi connectivity index (χ3n) is 4.86. The molecule has 0 aliphatic rings. The van der Waals surface area contributed by atoms with Crippen molar-refractivity contribution in [2.24, 2.45) is 0 Å². The normalized spacial score (nSPS) is 10.9. The minimum atomic E-state index is -0.0905. The number of carbonyl (C=O) groups excluding carboxylic acids is 1. The van der Waals surface area contributed by atoms with Gasteiger partial charge in [0, 0.05) is 36.6 Å². The molecule has 6 heteroatoms. The van der Waals surface area contributed by atoms with Crippen LogP contribution in [0.4, 0.5) is 11.6 Å². The molecule has 0 spiro atoms. The smallest absolute Gasteiger partial charge is 0.257 e. The van der Waals surface area contributed by atoms with Crippen LogP contribution in [0.3, 0.4) is 0 Å². The summed E-state index contributed by atoms with van der Waals surface area (Å²) in [7, 11) is 0. The average molecular weight is 397 g/mol. The predicted octanol–water partition coefficient (Wildman–Crippen LogP) is 4.82. The molecule has 0 aliphatic heterocycles. The fourth-order valence-electron chi connectivity index (χ4n) is 3.26. The van der Waals surface area contributed by atoms with Gasteiger partial charge in [-0.3, -0.25) is 9.78 Å². The summed E-state index contributed by atoms with van der Waals surface area (Å²) in [5.41, 5.74) is 3.21. The highest BCUT2D eigenvalue weighted by Crippen LogP contribution is 2.23. The van der Waals surface area contributed by atoms with Crippen LogP contribution in [-0.2, 0) is 6.54 Å². The van der Waals surface area contributed by atoms with E-state index in [1.165, 1.54) is 0 Å². The van der Waals surface area contributed by atoms with Crippen LogP contribution in [0.25, 0.3) is 10.9 Å². The number of anilines is 2. The van der Waals surface area contributed by atoms with Gasteiger partial charge in [0.1, 0.15) is 0 Å². The van der Waals surface area contributed by atoms with Crippen molar-refractivity contribution in [1.82, 2.24) is 19.9 Å². The Bertz CT molecular complexity index is 1140. The van der Waals surface area contributed by atoms with Gasteiger partial charge in [0.25, 0.3) is 5.91 Å². The second kappa shape index (κ2) is 8.69. The molecule has 0 saturated heterocycles. The van der Waals surface area contributed by atoms with Crippen LogP contribution < -0.4 is 5.32 Å². The molecule has 1 N–H and O–H groups in total. The summed E-state index contributed by atoms with van der Waals surface area (Å²) in [4.78, 5) is 28.0. The van der Waals surface area contributed by atoms with Crippen molar-refractivity contribution in [3.8, 4) is 0 Å². The van der Waals surface area contributed by atoms with E-state index in [0.29, 0.717) is 18.1 Å². The molecule has 0 aliphatic carbocycles. The van der Waals surface area contributed by atoms with Crippen molar-refractivity contribution in [2.45, 2.75) is 26.4 Å². The van der Waals surface area contributed by atoms with Crippen LogP contribution >= 0.6 is 0 Å². The van der Waals surface area contributed by atoms with Gasteiger partial charge >= 0.3 is 0 Å². The van der Waals surface area contributed by atoms with Gasteiger partial charge in [-0.25, -0.2) is 9.97 Å². The van der Waals surface area contributed by atoms with Crippen LogP contribution in [0.2, 0.25) is 0 Å². The van der Waals surface area contributed by atoms with E-state index in [9.17, 15) is 4.79 Å². The number of carbonyl (C=O) groups is 1. The summed E-state index contributed by atoms with van der Waals surface area (Å²) < 4.78 is 0. The molecule has 2 aromatic heterocycles. The van der Waals surface area contributed by atoms with Crippen LogP contribution in [0.5, 0.6) is 0 Å². The van der Waals surface area contributed by atoms with E-state index in [1.54, 1.807) is 18.6 Å². The number of amides is 1. The molecule has 0 radical (unpaired) electrons. The molecule has 0 fully saturated rings. The summed E-state index contributed by atoms with van der Waals surface area (Å²) in [5, 5.41) is 4.23. The predicted molar refractivity (Wildman–Crippen MR) is 119 cm³/mol. The first-order valence-corrected chi connectivity index (χ1v) is 9.89. The second-order valence-corrected chi connectivity index (χ2v) is 7.31. The molecule has 0 saturated carbocycles. The maximum Gasteiger partial charge on any atom is 0.257 e. The lowest BCUT2D eigenvalue weighted by molar-refractivity contribution is 0.0689. The first kappa shape index (κ1) is 19.5. The standard InChI is InChI=1S/C24H23N5O/c1-17(2)29(16-18-8-4-3-5-9-18)23(30)20-14-26-24(27-15-20)28-21-12-6-10-19-11-7-13-25-22(19)21/h3-15,17H,16H2,1-2H3,(H,26,27,28). The Labute approximate surface area is 175 Å². The topological polar surface area (TPSA) is 71.0 Å². The third-order valence-corrected chi connectivity index (χ3v) is 4.86. The molecule has 6 nitrogen and oxygen atoms in total. The molecule has 4 rings (SSSR count). The number of hydrogen-bond donors (Lipinski definition) is 1. The van der Waals surface area contributed by atoms with E-state index in [1.807, 2.05) is 79.4 Å². The highest BCUT2D eigenvalue weighted by molar-refractivity contribution is 5.94. The highest BCUT2D eigenvalue weighted by Gasteiger charge is 2.20.